The number of nitrogens with one attached hydrogen (secondary N) is 2. The topological polar surface area (TPSA) is 31.6 Å². The molecule has 2 N–H and O–H groups in total. The van der Waals surface area contributed by atoms with Gasteiger partial charge in [-0.25, -0.2) is 0 Å². The highest BCUT2D eigenvalue weighted by Crippen LogP contribution is 2.30. The molecule has 0 radical (unpaired) electrons. The second kappa shape index (κ2) is 11.4. The molecule has 2 heteroatoms. The lowest BCUT2D eigenvalue weighted by atomic mass is 9.93. The summed E-state index contributed by atoms with van der Waals surface area (Å²) in [7, 11) is 0. The zero-order valence-electron chi connectivity index (χ0n) is 19.9. The lowest BCUT2D eigenvalue weighted by Crippen LogP contribution is -1.94. The molecule has 0 saturated heterocycles. The van der Waals surface area contributed by atoms with E-state index in [1.807, 2.05) is 12.4 Å². The summed E-state index contributed by atoms with van der Waals surface area (Å²) in [5.41, 5.74) is 8.32. The number of fused-ring (bicyclic) bond motifs is 2. The first kappa shape index (κ1) is 27.6. The number of aromatic nitrogens is 2. The van der Waals surface area contributed by atoms with Crippen molar-refractivity contribution >= 4 is 21.8 Å². The Hall–Kier alpha value is -2.48. The molecule has 0 aliphatic rings. The highest BCUT2D eigenvalue weighted by atomic mass is 14.7. The Balaban J connectivity index is 0.000000301. The molecule has 0 aliphatic carbocycles. The van der Waals surface area contributed by atoms with Gasteiger partial charge in [-0.15, -0.1) is 0 Å². The molecule has 176 valence electrons. The van der Waals surface area contributed by atoms with Gasteiger partial charge in [0.25, 0.3) is 0 Å². The summed E-state index contributed by atoms with van der Waals surface area (Å²) in [5, 5.41) is 2.71. The van der Waals surface area contributed by atoms with E-state index in [4.69, 9.17) is 0 Å². The summed E-state index contributed by atoms with van der Waals surface area (Å²) < 4.78 is 0. The zero-order valence-corrected chi connectivity index (χ0v) is 19.9. The third-order valence-electron chi connectivity index (χ3n) is 6.01. The molecule has 0 saturated carbocycles. The smallest absolute Gasteiger partial charge is 0.0489 e. The molecule has 0 unspecified atom stereocenters. The predicted octanol–water partition coefficient (Wildman–Crippen LogP) is 10.1. The van der Waals surface area contributed by atoms with E-state index in [1.165, 1.54) is 44.1 Å². The summed E-state index contributed by atoms with van der Waals surface area (Å²) >= 11 is 0. The van der Waals surface area contributed by atoms with Crippen LogP contribution < -0.4 is 0 Å². The summed E-state index contributed by atoms with van der Waals surface area (Å²) in [4.78, 5) is 6.65. The Morgan fingerprint density at radius 3 is 1.66 bits per heavy atom. The number of hydrogen-bond acceptors (Lipinski definition) is 0. The van der Waals surface area contributed by atoms with Gasteiger partial charge in [0, 0.05) is 28.8 Å². The number of hydrogen-bond donors (Lipinski definition) is 2. The third kappa shape index (κ3) is 5.85. The minimum atomic E-state index is 0. The fourth-order valence-electron chi connectivity index (χ4n) is 4.04. The van der Waals surface area contributed by atoms with E-state index in [1.54, 1.807) is 0 Å². The SMILES string of the molecule is C.C.CC(C)c1cc(C(C)C)c2[nH]ccc2c1.CC(C)c1cc(C(C)C)c2cc[nH]c2c1. The van der Waals surface area contributed by atoms with Crippen molar-refractivity contribution in [2.24, 2.45) is 0 Å². The summed E-state index contributed by atoms with van der Waals surface area (Å²) in [5.74, 6) is 2.35. The van der Waals surface area contributed by atoms with Gasteiger partial charge in [-0.1, -0.05) is 82.4 Å². The fourth-order valence-corrected chi connectivity index (χ4v) is 4.04. The van der Waals surface area contributed by atoms with Crippen LogP contribution in [0.1, 0.15) is 116 Å². The minimum absolute atomic E-state index is 0. The monoisotopic (exact) mass is 434 g/mol. The molecule has 0 amide bonds. The number of H-pyrrole nitrogens is 2. The molecule has 2 heterocycles. The van der Waals surface area contributed by atoms with Gasteiger partial charge in [0.15, 0.2) is 0 Å². The second-order valence-corrected chi connectivity index (χ2v) is 9.72. The third-order valence-corrected chi connectivity index (χ3v) is 6.01. The lowest BCUT2D eigenvalue weighted by Gasteiger charge is -2.12. The van der Waals surface area contributed by atoms with Crippen molar-refractivity contribution in [2.45, 2.75) is 93.9 Å². The van der Waals surface area contributed by atoms with E-state index in [-0.39, 0.29) is 14.9 Å². The average Bonchev–Trinajstić information content (AvgIpc) is 3.35. The van der Waals surface area contributed by atoms with Gasteiger partial charge in [0.1, 0.15) is 0 Å². The van der Waals surface area contributed by atoms with Crippen LogP contribution in [0.4, 0.5) is 0 Å². The number of benzene rings is 2. The quantitative estimate of drug-likeness (QED) is 0.320. The minimum Gasteiger partial charge on any atom is -0.361 e. The predicted molar refractivity (Wildman–Crippen MR) is 146 cm³/mol. The maximum absolute atomic E-state index is 3.34. The molecule has 0 spiro atoms. The van der Waals surface area contributed by atoms with E-state index in [9.17, 15) is 0 Å². The van der Waals surface area contributed by atoms with Gasteiger partial charge < -0.3 is 9.97 Å². The average molecular weight is 435 g/mol. The molecule has 0 bridgehead atoms. The molecule has 2 aromatic heterocycles. The van der Waals surface area contributed by atoms with Crippen LogP contribution in [0.15, 0.2) is 48.8 Å². The van der Waals surface area contributed by atoms with Gasteiger partial charge in [-0.05, 0) is 75.6 Å². The summed E-state index contributed by atoms with van der Waals surface area (Å²) in [6, 6.07) is 13.6. The first-order chi connectivity index (χ1) is 14.2. The molecule has 32 heavy (non-hydrogen) atoms. The van der Waals surface area contributed by atoms with Crippen molar-refractivity contribution in [3.8, 4) is 0 Å². The van der Waals surface area contributed by atoms with Crippen molar-refractivity contribution in [3.05, 3.63) is 71.0 Å². The van der Waals surface area contributed by atoms with E-state index in [2.05, 4.69) is 102 Å². The van der Waals surface area contributed by atoms with Crippen molar-refractivity contribution < 1.29 is 0 Å². The van der Waals surface area contributed by atoms with Crippen molar-refractivity contribution in [3.63, 3.8) is 0 Å². The second-order valence-electron chi connectivity index (χ2n) is 9.72. The molecular weight excluding hydrogens is 388 g/mol. The fraction of sp³-hybridized carbons (Fsp3) is 0.467. The van der Waals surface area contributed by atoms with E-state index < -0.39 is 0 Å². The maximum atomic E-state index is 3.34. The van der Waals surface area contributed by atoms with Crippen LogP contribution in [0.3, 0.4) is 0 Å². The van der Waals surface area contributed by atoms with Gasteiger partial charge in [0.05, 0.1) is 0 Å². The normalized spacial score (nSPS) is 11.1. The van der Waals surface area contributed by atoms with Crippen LogP contribution >= 0.6 is 0 Å². The largest absolute Gasteiger partial charge is 0.361 e. The summed E-state index contributed by atoms with van der Waals surface area (Å²) in [6.07, 6.45) is 4.06. The standard InChI is InChI=1S/2C14H19N.2CH4/c1-9(2)11-7-13(10(3)4)12-5-6-15-14(12)8-11;1-9(2)12-7-11-5-6-15-14(11)13(8-12)10(3)4;;/h2*5-10,15H,1-4H3;2*1H4. The van der Waals surface area contributed by atoms with Gasteiger partial charge in [0.2, 0.25) is 0 Å². The van der Waals surface area contributed by atoms with Crippen LogP contribution in [-0.4, -0.2) is 9.97 Å². The number of rotatable bonds is 4. The van der Waals surface area contributed by atoms with E-state index in [0.29, 0.717) is 23.7 Å². The van der Waals surface area contributed by atoms with Crippen molar-refractivity contribution in [1.82, 2.24) is 9.97 Å². The van der Waals surface area contributed by atoms with E-state index in [0.717, 1.165) is 0 Å². The first-order valence-electron chi connectivity index (χ1n) is 11.4. The van der Waals surface area contributed by atoms with Crippen molar-refractivity contribution in [1.29, 1.82) is 0 Å². The van der Waals surface area contributed by atoms with Crippen LogP contribution in [0, 0.1) is 0 Å². The van der Waals surface area contributed by atoms with E-state index >= 15 is 0 Å². The Kier molecular flexibility index (Phi) is 9.82. The molecule has 2 aromatic carbocycles. The molecule has 0 aliphatic heterocycles. The zero-order chi connectivity index (χ0) is 22.0. The molecule has 0 atom stereocenters. The van der Waals surface area contributed by atoms with Crippen LogP contribution in [0.2, 0.25) is 0 Å². The molecule has 4 rings (SSSR count). The molecule has 0 fully saturated rings. The Morgan fingerprint density at radius 2 is 1.09 bits per heavy atom. The Labute approximate surface area is 196 Å². The van der Waals surface area contributed by atoms with Crippen LogP contribution in [-0.2, 0) is 0 Å². The molecular formula is C30H46N2. The first-order valence-corrected chi connectivity index (χ1v) is 11.4. The Morgan fingerprint density at radius 1 is 0.562 bits per heavy atom. The van der Waals surface area contributed by atoms with Gasteiger partial charge in [-0.3, -0.25) is 0 Å². The highest BCUT2D eigenvalue weighted by molar-refractivity contribution is 5.85. The number of aromatic amines is 2. The van der Waals surface area contributed by atoms with Gasteiger partial charge in [-0.2, -0.15) is 0 Å². The Bertz CT molecular complexity index is 1020. The highest BCUT2D eigenvalue weighted by Gasteiger charge is 2.11. The summed E-state index contributed by atoms with van der Waals surface area (Å²) in [6.45, 7) is 18.0. The molecule has 2 nitrogen and oxygen atoms in total. The lowest BCUT2D eigenvalue weighted by molar-refractivity contribution is 0.840. The molecule has 4 aromatic rings. The van der Waals surface area contributed by atoms with Crippen LogP contribution in [0.25, 0.3) is 21.8 Å². The maximum Gasteiger partial charge on any atom is 0.0489 e. The van der Waals surface area contributed by atoms with Crippen LogP contribution in [0.5, 0.6) is 0 Å². The van der Waals surface area contributed by atoms with Crippen molar-refractivity contribution in [2.75, 3.05) is 0 Å². The van der Waals surface area contributed by atoms with Gasteiger partial charge >= 0.3 is 0 Å².